The third kappa shape index (κ3) is 3.03. The molecule has 1 aromatic rings. The van der Waals surface area contributed by atoms with E-state index in [-0.39, 0.29) is 6.04 Å². The molecule has 0 amide bonds. The second-order valence-electron chi connectivity index (χ2n) is 4.61. The Morgan fingerprint density at radius 1 is 1.35 bits per heavy atom. The van der Waals surface area contributed by atoms with Crippen LogP contribution in [0.3, 0.4) is 0 Å². The molecule has 1 atom stereocenters. The largest absolute Gasteiger partial charge is 0.406 e. The van der Waals surface area contributed by atoms with Crippen LogP contribution in [0, 0.1) is 0 Å². The molecule has 0 radical (unpaired) electrons. The molecule has 1 aromatic heterocycles. The third-order valence-corrected chi connectivity index (χ3v) is 3.27. The first kappa shape index (κ1) is 12.5. The third-order valence-electron chi connectivity index (χ3n) is 3.27. The average molecular weight is 246 g/mol. The summed E-state index contributed by atoms with van der Waals surface area (Å²) in [6.45, 7) is -0.892. The van der Waals surface area contributed by atoms with Gasteiger partial charge in [-0.25, -0.2) is 0 Å². The number of rotatable bonds is 2. The number of hydrogen-bond acceptors (Lipinski definition) is 1. The Hall–Kier alpha value is -0.970. The predicted molar refractivity (Wildman–Crippen MR) is 59.8 cm³/mol. The van der Waals surface area contributed by atoms with Crippen LogP contribution in [0.5, 0.6) is 0 Å². The van der Waals surface area contributed by atoms with Crippen LogP contribution in [0.15, 0.2) is 12.4 Å². The molecule has 1 heterocycles. The van der Waals surface area contributed by atoms with Gasteiger partial charge in [0.05, 0.1) is 0 Å². The van der Waals surface area contributed by atoms with Gasteiger partial charge in [0.1, 0.15) is 6.54 Å². The number of aromatic nitrogens is 1. The van der Waals surface area contributed by atoms with Crippen molar-refractivity contribution < 1.29 is 13.2 Å². The number of fused-ring (bicyclic) bond motifs is 1. The van der Waals surface area contributed by atoms with Gasteiger partial charge in [-0.1, -0.05) is 6.42 Å². The highest BCUT2D eigenvalue weighted by atomic mass is 19.4. The van der Waals surface area contributed by atoms with Crippen molar-refractivity contribution in [2.45, 2.75) is 44.4 Å². The maximum Gasteiger partial charge on any atom is 0.406 e. The average Bonchev–Trinajstić information content (AvgIpc) is 2.49. The monoisotopic (exact) mass is 246 g/mol. The zero-order valence-electron chi connectivity index (χ0n) is 9.85. The molecule has 0 saturated heterocycles. The standard InChI is InChI=1S/C12H17F3N2/c1-16-11-5-3-2-4-9-6-17(7-10(9)11)8-12(13,14)15/h6-7,11,16H,2-5,8H2,1H3. The number of nitrogens with zero attached hydrogens (tertiary/aromatic N) is 1. The summed E-state index contributed by atoms with van der Waals surface area (Å²) in [4.78, 5) is 0. The highest BCUT2D eigenvalue weighted by Crippen LogP contribution is 2.30. The molecule has 2 rings (SSSR count). The van der Waals surface area contributed by atoms with Gasteiger partial charge < -0.3 is 9.88 Å². The number of alkyl halides is 3. The predicted octanol–water partition coefficient (Wildman–Crippen LogP) is 3.04. The molecule has 5 heteroatoms. The fraction of sp³-hybridized carbons (Fsp3) is 0.667. The SMILES string of the molecule is CNC1CCCCc2cn(CC(F)(F)F)cc21. The van der Waals surface area contributed by atoms with E-state index in [0.29, 0.717) is 0 Å². The van der Waals surface area contributed by atoms with E-state index in [9.17, 15) is 13.2 Å². The van der Waals surface area contributed by atoms with E-state index < -0.39 is 12.7 Å². The molecule has 0 bridgehead atoms. The van der Waals surface area contributed by atoms with Crippen LogP contribution < -0.4 is 5.32 Å². The van der Waals surface area contributed by atoms with Crippen molar-refractivity contribution in [1.29, 1.82) is 0 Å². The van der Waals surface area contributed by atoms with Gasteiger partial charge in [0.25, 0.3) is 0 Å². The van der Waals surface area contributed by atoms with Crippen LogP contribution in [0.4, 0.5) is 13.2 Å². The smallest absolute Gasteiger partial charge is 0.345 e. The first-order valence-electron chi connectivity index (χ1n) is 5.92. The maximum absolute atomic E-state index is 12.3. The Morgan fingerprint density at radius 3 is 2.76 bits per heavy atom. The van der Waals surface area contributed by atoms with Gasteiger partial charge >= 0.3 is 6.18 Å². The Morgan fingerprint density at radius 2 is 2.12 bits per heavy atom. The van der Waals surface area contributed by atoms with Crippen molar-refractivity contribution in [2.75, 3.05) is 7.05 Å². The molecular weight excluding hydrogens is 229 g/mol. The summed E-state index contributed by atoms with van der Waals surface area (Å²) < 4.78 is 38.3. The lowest BCUT2D eigenvalue weighted by Gasteiger charge is -2.13. The molecule has 96 valence electrons. The summed E-state index contributed by atoms with van der Waals surface area (Å²) in [5.74, 6) is 0. The zero-order valence-corrected chi connectivity index (χ0v) is 9.85. The number of nitrogens with one attached hydrogen (secondary N) is 1. The molecule has 1 unspecified atom stereocenters. The second kappa shape index (κ2) is 4.72. The molecule has 1 aliphatic carbocycles. The zero-order chi connectivity index (χ0) is 12.5. The van der Waals surface area contributed by atoms with Gasteiger partial charge in [0.2, 0.25) is 0 Å². The topological polar surface area (TPSA) is 17.0 Å². The lowest BCUT2D eigenvalue weighted by Crippen LogP contribution is -2.17. The van der Waals surface area contributed by atoms with Crippen LogP contribution >= 0.6 is 0 Å². The lowest BCUT2D eigenvalue weighted by atomic mass is 10.1. The summed E-state index contributed by atoms with van der Waals surface area (Å²) in [6.07, 6.45) is 3.22. The number of hydrogen-bond donors (Lipinski definition) is 1. The van der Waals surface area contributed by atoms with Crippen molar-refractivity contribution in [2.24, 2.45) is 0 Å². The first-order chi connectivity index (χ1) is 7.99. The summed E-state index contributed by atoms with van der Waals surface area (Å²) in [7, 11) is 1.86. The van der Waals surface area contributed by atoms with Gasteiger partial charge in [-0.05, 0) is 37.4 Å². The maximum atomic E-state index is 12.3. The molecule has 0 aliphatic heterocycles. The van der Waals surface area contributed by atoms with Gasteiger partial charge in [-0.3, -0.25) is 0 Å². The number of aryl methyl sites for hydroxylation is 1. The second-order valence-corrected chi connectivity index (χ2v) is 4.61. The molecule has 0 spiro atoms. The van der Waals surface area contributed by atoms with E-state index in [1.165, 1.54) is 4.57 Å². The molecule has 0 aromatic carbocycles. The van der Waals surface area contributed by atoms with Crippen molar-refractivity contribution in [3.63, 3.8) is 0 Å². The van der Waals surface area contributed by atoms with Crippen LogP contribution in [0.1, 0.15) is 36.4 Å². The molecule has 17 heavy (non-hydrogen) atoms. The Balaban J connectivity index is 2.24. The van der Waals surface area contributed by atoms with Crippen LogP contribution in [-0.2, 0) is 13.0 Å². The first-order valence-corrected chi connectivity index (χ1v) is 5.92. The highest BCUT2D eigenvalue weighted by molar-refractivity contribution is 5.29. The fourth-order valence-electron chi connectivity index (χ4n) is 2.51. The van der Waals surface area contributed by atoms with E-state index in [1.807, 2.05) is 7.05 Å². The van der Waals surface area contributed by atoms with Crippen molar-refractivity contribution in [1.82, 2.24) is 9.88 Å². The normalized spacial score (nSPS) is 21.1. The van der Waals surface area contributed by atoms with Crippen molar-refractivity contribution in [3.8, 4) is 0 Å². The number of halogens is 3. The minimum atomic E-state index is -4.15. The van der Waals surface area contributed by atoms with E-state index >= 15 is 0 Å². The minimum absolute atomic E-state index is 0.196. The molecule has 2 nitrogen and oxygen atoms in total. The Bertz CT molecular complexity index is 382. The molecule has 1 N–H and O–H groups in total. The van der Waals surface area contributed by atoms with E-state index in [2.05, 4.69) is 5.32 Å². The van der Waals surface area contributed by atoms with Crippen molar-refractivity contribution >= 4 is 0 Å². The van der Waals surface area contributed by atoms with Gasteiger partial charge in [-0.2, -0.15) is 13.2 Å². The molecule has 1 aliphatic rings. The Kier molecular flexibility index (Phi) is 3.47. The van der Waals surface area contributed by atoms with Crippen LogP contribution in [0.25, 0.3) is 0 Å². The highest BCUT2D eigenvalue weighted by Gasteiger charge is 2.29. The fourth-order valence-corrected chi connectivity index (χ4v) is 2.51. The van der Waals surface area contributed by atoms with E-state index in [0.717, 1.165) is 36.8 Å². The van der Waals surface area contributed by atoms with Gasteiger partial charge in [0.15, 0.2) is 0 Å². The van der Waals surface area contributed by atoms with Crippen LogP contribution in [0.2, 0.25) is 0 Å². The van der Waals surface area contributed by atoms with Gasteiger partial charge in [-0.15, -0.1) is 0 Å². The van der Waals surface area contributed by atoms with E-state index in [4.69, 9.17) is 0 Å². The molecule has 0 fully saturated rings. The molecule has 0 saturated carbocycles. The summed E-state index contributed by atoms with van der Waals surface area (Å²) in [5.41, 5.74) is 2.10. The van der Waals surface area contributed by atoms with Gasteiger partial charge in [0, 0.05) is 18.4 Å². The lowest BCUT2D eigenvalue weighted by molar-refractivity contribution is -0.140. The summed E-state index contributed by atoms with van der Waals surface area (Å²) in [6, 6.07) is 0.196. The van der Waals surface area contributed by atoms with Crippen molar-refractivity contribution in [3.05, 3.63) is 23.5 Å². The van der Waals surface area contributed by atoms with E-state index in [1.54, 1.807) is 12.4 Å². The Labute approximate surface area is 98.8 Å². The minimum Gasteiger partial charge on any atom is -0.345 e. The quantitative estimate of drug-likeness (QED) is 0.794. The molecular formula is C12H17F3N2. The summed E-state index contributed by atoms with van der Waals surface area (Å²) >= 11 is 0. The summed E-state index contributed by atoms with van der Waals surface area (Å²) in [5, 5.41) is 3.18. The van der Waals surface area contributed by atoms with Crippen LogP contribution in [-0.4, -0.2) is 17.8 Å².